The van der Waals surface area contributed by atoms with E-state index in [0.717, 1.165) is 48.3 Å². The SMILES string of the molecule is CCCN(CCC)C(=O)C1=Cc2ccc(-c3cccnc3)cc2NC(N=NN)C1. The summed E-state index contributed by atoms with van der Waals surface area (Å²) in [6.07, 6.45) is 7.42. The number of nitrogens with zero attached hydrogens (tertiary/aromatic N) is 4. The maximum atomic E-state index is 13.2. The molecule has 2 aromatic rings. The van der Waals surface area contributed by atoms with Crippen LogP contribution in [0.2, 0.25) is 0 Å². The highest BCUT2D eigenvalue weighted by atomic mass is 16.2. The van der Waals surface area contributed by atoms with Crippen LogP contribution in [0.25, 0.3) is 17.2 Å². The van der Waals surface area contributed by atoms with Gasteiger partial charge in [-0.15, -0.1) is 5.11 Å². The zero-order valence-electron chi connectivity index (χ0n) is 17.0. The van der Waals surface area contributed by atoms with Crippen molar-refractivity contribution in [3.63, 3.8) is 0 Å². The number of hydrogen-bond donors (Lipinski definition) is 2. The molecule has 0 fully saturated rings. The van der Waals surface area contributed by atoms with Gasteiger partial charge >= 0.3 is 0 Å². The molecule has 3 N–H and O–H groups in total. The van der Waals surface area contributed by atoms with Gasteiger partial charge in [0.1, 0.15) is 6.17 Å². The first-order chi connectivity index (χ1) is 14.2. The van der Waals surface area contributed by atoms with E-state index in [1.165, 1.54) is 0 Å². The molecule has 1 amide bonds. The van der Waals surface area contributed by atoms with Crippen LogP contribution >= 0.6 is 0 Å². The van der Waals surface area contributed by atoms with Gasteiger partial charge in [-0.05, 0) is 42.2 Å². The van der Waals surface area contributed by atoms with Gasteiger partial charge in [0.05, 0.1) is 0 Å². The quantitative estimate of drug-likeness (QED) is 0.418. The Kier molecular flexibility index (Phi) is 6.94. The molecule has 1 aromatic heterocycles. The molecule has 1 atom stereocenters. The van der Waals surface area contributed by atoms with Gasteiger partial charge in [-0.2, -0.15) is 0 Å². The van der Waals surface area contributed by atoms with Gasteiger partial charge in [0.15, 0.2) is 0 Å². The summed E-state index contributed by atoms with van der Waals surface area (Å²) < 4.78 is 0. The molecule has 0 bridgehead atoms. The first-order valence-electron chi connectivity index (χ1n) is 10.1. The number of nitrogens with one attached hydrogen (secondary N) is 1. The maximum absolute atomic E-state index is 13.2. The first kappa shape index (κ1) is 20.5. The van der Waals surface area contributed by atoms with Crippen LogP contribution < -0.4 is 11.2 Å². The summed E-state index contributed by atoms with van der Waals surface area (Å²) in [7, 11) is 0. The van der Waals surface area contributed by atoms with Gasteiger partial charge in [-0.1, -0.05) is 37.3 Å². The molecule has 3 rings (SSSR count). The van der Waals surface area contributed by atoms with Crippen LogP contribution in [-0.4, -0.2) is 35.0 Å². The Morgan fingerprint density at radius 3 is 2.69 bits per heavy atom. The van der Waals surface area contributed by atoms with Crippen LogP contribution in [0.4, 0.5) is 5.69 Å². The van der Waals surface area contributed by atoms with Crippen molar-refractivity contribution >= 4 is 17.7 Å². The van der Waals surface area contributed by atoms with E-state index in [2.05, 4.69) is 34.5 Å². The number of nitrogens with two attached hydrogens (primary N) is 1. The summed E-state index contributed by atoms with van der Waals surface area (Å²) in [5.41, 5.74) is 4.61. The van der Waals surface area contributed by atoms with Crippen molar-refractivity contribution in [2.75, 3.05) is 18.4 Å². The minimum Gasteiger partial charge on any atom is -0.361 e. The van der Waals surface area contributed by atoms with E-state index < -0.39 is 6.17 Å². The Morgan fingerprint density at radius 1 is 1.24 bits per heavy atom. The predicted octanol–water partition coefficient (Wildman–Crippen LogP) is 4.25. The highest BCUT2D eigenvalue weighted by Gasteiger charge is 2.24. The van der Waals surface area contributed by atoms with Crippen LogP contribution in [0.1, 0.15) is 38.7 Å². The molecule has 2 heterocycles. The predicted molar refractivity (Wildman–Crippen MR) is 116 cm³/mol. The zero-order chi connectivity index (χ0) is 20.6. The van der Waals surface area contributed by atoms with Gasteiger partial charge in [-0.25, -0.2) is 0 Å². The van der Waals surface area contributed by atoms with Crippen LogP contribution in [0, 0.1) is 0 Å². The molecule has 1 unspecified atom stereocenters. The molecule has 1 aliphatic heterocycles. The Bertz CT molecular complexity index is 887. The molecule has 7 heteroatoms. The monoisotopic (exact) mass is 392 g/mol. The van der Waals surface area contributed by atoms with E-state index in [9.17, 15) is 4.79 Å². The number of carbonyl (C=O) groups excluding carboxylic acids is 1. The van der Waals surface area contributed by atoms with Crippen LogP contribution in [0.5, 0.6) is 0 Å². The molecule has 0 saturated carbocycles. The lowest BCUT2D eigenvalue weighted by Crippen LogP contribution is -2.34. The molecule has 29 heavy (non-hydrogen) atoms. The fraction of sp³-hybridized carbons (Fsp3) is 0.364. The minimum atomic E-state index is -0.397. The van der Waals surface area contributed by atoms with E-state index in [1.54, 1.807) is 6.20 Å². The van der Waals surface area contributed by atoms with Crippen molar-refractivity contribution in [3.05, 3.63) is 53.9 Å². The lowest BCUT2D eigenvalue weighted by Gasteiger charge is -2.23. The van der Waals surface area contributed by atoms with E-state index in [1.807, 2.05) is 47.5 Å². The second kappa shape index (κ2) is 9.82. The molecular weight excluding hydrogens is 364 g/mol. The standard InChI is InChI=1S/C22H28N6O/c1-3-10-28(11-4-2)22(29)19-12-17-8-7-16(18-6-5-9-24-15-18)13-20(17)25-21(14-19)26-27-23/h5-9,12-13,15,21,25H,3-4,10-11,14H2,1-2H3,(H2,23,26). The summed E-state index contributed by atoms with van der Waals surface area (Å²) in [5, 5.41) is 10.9. The number of pyridine rings is 1. The number of benzene rings is 1. The highest BCUT2D eigenvalue weighted by molar-refractivity contribution is 5.99. The third kappa shape index (κ3) is 4.99. The largest absolute Gasteiger partial charge is 0.361 e. The van der Waals surface area contributed by atoms with E-state index in [-0.39, 0.29) is 5.91 Å². The summed E-state index contributed by atoms with van der Waals surface area (Å²) in [6.45, 7) is 5.65. The fourth-order valence-electron chi connectivity index (χ4n) is 3.56. The number of anilines is 1. The number of aromatic nitrogens is 1. The van der Waals surface area contributed by atoms with E-state index in [4.69, 9.17) is 5.84 Å². The lowest BCUT2D eigenvalue weighted by molar-refractivity contribution is -0.127. The third-order valence-corrected chi connectivity index (χ3v) is 4.87. The summed E-state index contributed by atoms with van der Waals surface area (Å²) in [4.78, 5) is 19.3. The van der Waals surface area contributed by atoms with Crippen LogP contribution in [0.3, 0.4) is 0 Å². The van der Waals surface area contributed by atoms with Crippen molar-refractivity contribution in [2.24, 2.45) is 16.2 Å². The Morgan fingerprint density at radius 2 is 2.03 bits per heavy atom. The maximum Gasteiger partial charge on any atom is 0.249 e. The minimum absolute atomic E-state index is 0.0527. The average Bonchev–Trinajstić information content (AvgIpc) is 2.92. The Labute approximate surface area is 171 Å². The van der Waals surface area contributed by atoms with Gasteiger partial charge < -0.3 is 16.1 Å². The second-order valence-corrected chi connectivity index (χ2v) is 7.10. The molecular formula is C22H28N6O. The molecule has 1 aliphatic rings. The van der Waals surface area contributed by atoms with Crippen molar-refractivity contribution in [3.8, 4) is 11.1 Å². The van der Waals surface area contributed by atoms with Gasteiger partial charge in [0, 0.05) is 48.7 Å². The zero-order valence-corrected chi connectivity index (χ0v) is 17.0. The molecule has 7 nitrogen and oxygen atoms in total. The summed E-state index contributed by atoms with van der Waals surface area (Å²) >= 11 is 0. The topological polar surface area (TPSA) is 96.0 Å². The smallest absolute Gasteiger partial charge is 0.249 e. The number of rotatable bonds is 7. The normalized spacial score (nSPS) is 15.9. The Balaban J connectivity index is 1.99. The fourth-order valence-corrected chi connectivity index (χ4v) is 3.56. The molecule has 0 saturated heterocycles. The molecule has 0 aliphatic carbocycles. The van der Waals surface area contributed by atoms with Gasteiger partial charge in [0.2, 0.25) is 5.91 Å². The van der Waals surface area contributed by atoms with Crippen LogP contribution in [0.15, 0.2) is 58.6 Å². The van der Waals surface area contributed by atoms with Gasteiger partial charge in [0.25, 0.3) is 0 Å². The molecule has 0 radical (unpaired) electrons. The van der Waals surface area contributed by atoms with E-state index in [0.29, 0.717) is 12.0 Å². The van der Waals surface area contributed by atoms with Crippen molar-refractivity contribution in [1.82, 2.24) is 9.88 Å². The molecule has 152 valence electrons. The number of fused-ring (bicyclic) bond motifs is 1. The highest BCUT2D eigenvalue weighted by Crippen LogP contribution is 2.31. The van der Waals surface area contributed by atoms with Gasteiger partial charge in [-0.3, -0.25) is 9.78 Å². The van der Waals surface area contributed by atoms with Crippen molar-refractivity contribution in [1.29, 1.82) is 0 Å². The average molecular weight is 393 g/mol. The number of hydrogen-bond acceptors (Lipinski definition) is 5. The van der Waals surface area contributed by atoms with Crippen LogP contribution in [-0.2, 0) is 4.79 Å². The van der Waals surface area contributed by atoms with Crippen molar-refractivity contribution in [2.45, 2.75) is 39.3 Å². The first-order valence-corrected chi connectivity index (χ1v) is 10.1. The van der Waals surface area contributed by atoms with Crippen molar-refractivity contribution < 1.29 is 4.79 Å². The Hall–Kier alpha value is -3.22. The number of carbonyl (C=O) groups is 1. The number of amides is 1. The van der Waals surface area contributed by atoms with E-state index >= 15 is 0 Å². The lowest BCUT2D eigenvalue weighted by atomic mass is 10.0. The summed E-state index contributed by atoms with van der Waals surface area (Å²) in [6, 6.07) is 10.0. The third-order valence-electron chi connectivity index (χ3n) is 4.87. The summed E-state index contributed by atoms with van der Waals surface area (Å²) in [5.74, 6) is 5.38. The molecule has 0 spiro atoms. The molecule has 1 aromatic carbocycles. The second-order valence-electron chi connectivity index (χ2n) is 7.10.